The highest BCUT2D eigenvalue weighted by atomic mass is 35.5. The molecular formula is C20H18ClF2N3O3. The van der Waals surface area contributed by atoms with Crippen LogP contribution >= 0.6 is 11.6 Å². The monoisotopic (exact) mass is 421 g/mol. The maximum Gasteiger partial charge on any atom is 0.254 e. The van der Waals surface area contributed by atoms with Crippen molar-refractivity contribution >= 4 is 40.7 Å². The summed E-state index contributed by atoms with van der Waals surface area (Å²) < 4.78 is 27.1. The number of rotatable bonds is 4. The number of carbonyl (C=O) groups excluding carboxylic acids is 3. The van der Waals surface area contributed by atoms with Gasteiger partial charge in [-0.25, -0.2) is 8.78 Å². The van der Waals surface area contributed by atoms with Crippen LogP contribution in [0.2, 0.25) is 5.02 Å². The first-order chi connectivity index (χ1) is 13.7. The maximum absolute atomic E-state index is 14.0. The topological polar surface area (TPSA) is 69.7 Å². The van der Waals surface area contributed by atoms with E-state index in [0.29, 0.717) is 11.8 Å². The Kier molecular flexibility index (Phi) is 5.83. The number of halogens is 3. The third kappa shape index (κ3) is 4.37. The van der Waals surface area contributed by atoms with Gasteiger partial charge in [0.1, 0.15) is 11.6 Å². The van der Waals surface area contributed by atoms with Crippen molar-refractivity contribution < 1.29 is 23.2 Å². The molecule has 1 aliphatic rings. The summed E-state index contributed by atoms with van der Waals surface area (Å²) in [4.78, 5) is 39.5. The first kappa shape index (κ1) is 20.7. The van der Waals surface area contributed by atoms with Crippen LogP contribution in [-0.4, -0.2) is 43.3 Å². The molecule has 1 unspecified atom stereocenters. The van der Waals surface area contributed by atoms with Gasteiger partial charge in [-0.15, -0.1) is 0 Å². The van der Waals surface area contributed by atoms with Crippen LogP contribution in [0.25, 0.3) is 0 Å². The van der Waals surface area contributed by atoms with E-state index in [4.69, 9.17) is 11.6 Å². The fraction of sp³-hybridized carbons (Fsp3) is 0.250. The number of carbonyl (C=O) groups is 3. The Morgan fingerprint density at radius 2 is 1.90 bits per heavy atom. The molecule has 0 aliphatic carbocycles. The van der Waals surface area contributed by atoms with E-state index >= 15 is 0 Å². The predicted octanol–water partition coefficient (Wildman–Crippen LogP) is 3.31. The van der Waals surface area contributed by atoms with Gasteiger partial charge in [0.05, 0.1) is 22.2 Å². The van der Waals surface area contributed by atoms with Crippen molar-refractivity contribution in [1.29, 1.82) is 0 Å². The van der Waals surface area contributed by atoms with Crippen molar-refractivity contribution in [2.45, 2.75) is 6.42 Å². The molecule has 0 spiro atoms. The van der Waals surface area contributed by atoms with Crippen LogP contribution < -0.4 is 10.2 Å². The zero-order valence-electron chi connectivity index (χ0n) is 15.7. The van der Waals surface area contributed by atoms with Crippen LogP contribution in [0, 0.1) is 17.6 Å². The summed E-state index contributed by atoms with van der Waals surface area (Å²) in [6.07, 6.45) is -0.111. The number of anilines is 2. The van der Waals surface area contributed by atoms with Crippen molar-refractivity contribution in [1.82, 2.24) is 4.90 Å². The summed E-state index contributed by atoms with van der Waals surface area (Å²) in [5.41, 5.74) is 0.507. The molecule has 0 radical (unpaired) electrons. The second-order valence-electron chi connectivity index (χ2n) is 6.88. The maximum atomic E-state index is 14.0. The Balaban J connectivity index is 1.74. The van der Waals surface area contributed by atoms with Gasteiger partial charge >= 0.3 is 0 Å². The van der Waals surface area contributed by atoms with Gasteiger partial charge in [-0.3, -0.25) is 14.4 Å². The van der Waals surface area contributed by atoms with E-state index in [-0.39, 0.29) is 35.1 Å². The van der Waals surface area contributed by atoms with Crippen LogP contribution in [0.15, 0.2) is 36.4 Å². The molecule has 2 aromatic rings. The van der Waals surface area contributed by atoms with E-state index < -0.39 is 29.4 Å². The molecule has 0 bridgehead atoms. The molecule has 1 heterocycles. The molecule has 0 saturated carbocycles. The number of amides is 3. The third-order valence-electron chi connectivity index (χ3n) is 4.57. The van der Waals surface area contributed by atoms with E-state index in [1.54, 1.807) is 20.2 Å². The molecule has 0 aromatic heterocycles. The van der Waals surface area contributed by atoms with Gasteiger partial charge in [0.2, 0.25) is 11.8 Å². The highest BCUT2D eigenvalue weighted by molar-refractivity contribution is 6.34. The van der Waals surface area contributed by atoms with E-state index in [2.05, 4.69) is 5.32 Å². The third-order valence-corrected chi connectivity index (χ3v) is 4.90. The minimum absolute atomic E-state index is 0.0374. The van der Waals surface area contributed by atoms with Gasteiger partial charge in [0.15, 0.2) is 0 Å². The van der Waals surface area contributed by atoms with Crippen LogP contribution in [0.4, 0.5) is 20.2 Å². The minimum atomic E-state index is -0.871. The van der Waals surface area contributed by atoms with E-state index in [9.17, 15) is 23.2 Å². The molecule has 3 rings (SSSR count). The lowest BCUT2D eigenvalue weighted by Crippen LogP contribution is -2.29. The normalized spacial score (nSPS) is 16.1. The molecule has 2 aromatic carbocycles. The molecule has 3 amide bonds. The average Bonchev–Trinajstić information content (AvgIpc) is 3.04. The highest BCUT2D eigenvalue weighted by Gasteiger charge is 2.36. The molecule has 1 aliphatic heterocycles. The highest BCUT2D eigenvalue weighted by Crippen LogP contribution is 2.29. The van der Waals surface area contributed by atoms with Gasteiger partial charge in [-0.05, 0) is 30.3 Å². The quantitative estimate of drug-likeness (QED) is 0.823. The number of benzene rings is 2. The first-order valence-corrected chi connectivity index (χ1v) is 9.12. The Morgan fingerprint density at radius 1 is 1.17 bits per heavy atom. The second kappa shape index (κ2) is 8.16. The Hall–Kier alpha value is -3.00. The molecule has 29 heavy (non-hydrogen) atoms. The van der Waals surface area contributed by atoms with Crippen molar-refractivity contribution in [3.63, 3.8) is 0 Å². The molecule has 9 heteroatoms. The summed E-state index contributed by atoms with van der Waals surface area (Å²) in [5.74, 6) is -3.55. The molecule has 1 fully saturated rings. The molecular weight excluding hydrogens is 404 g/mol. The minimum Gasteiger partial charge on any atom is -0.345 e. The van der Waals surface area contributed by atoms with Gasteiger partial charge in [-0.1, -0.05) is 11.6 Å². The van der Waals surface area contributed by atoms with Crippen molar-refractivity contribution in [3.05, 3.63) is 58.6 Å². The lowest BCUT2D eigenvalue weighted by Gasteiger charge is -2.17. The summed E-state index contributed by atoms with van der Waals surface area (Å²) in [6, 6.07) is 7.40. The molecule has 1 saturated heterocycles. The van der Waals surface area contributed by atoms with Crippen molar-refractivity contribution in [2.75, 3.05) is 30.9 Å². The molecule has 152 valence electrons. The van der Waals surface area contributed by atoms with E-state index in [1.807, 2.05) is 0 Å². The van der Waals surface area contributed by atoms with Crippen molar-refractivity contribution in [3.8, 4) is 0 Å². The summed E-state index contributed by atoms with van der Waals surface area (Å²) >= 11 is 6.06. The van der Waals surface area contributed by atoms with Gasteiger partial charge in [0, 0.05) is 38.8 Å². The lowest BCUT2D eigenvalue weighted by molar-refractivity contribution is -0.122. The summed E-state index contributed by atoms with van der Waals surface area (Å²) in [5, 5.41) is 2.91. The SMILES string of the molecule is CN(C)C(=O)c1cc(NC(=O)C2CC(=O)N(c3ccc(F)cc3F)C2)ccc1Cl. The smallest absolute Gasteiger partial charge is 0.254 e. The Bertz CT molecular complexity index is 997. The first-order valence-electron chi connectivity index (χ1n) is 8.75. The zero-order chi connectivity index (χ0) is 21.3. The fourth-order valence-electron chi connectivity index (χ4n) is 3.07. The number of nitrogens with one attached hydrogen (secondary N) is 1. The molecule has 6 nitrogen and oxygen atoms in total. The van der Waals surface area contributed by atoms with Crippen LogP contribution in [0.1, 0.15) is 16.8 Å². The Morgan fingerprint density at radius 3 is 2.55 bits per heavy atom. The second-order valence-corrected chi connectivity index (χ2v) is 7.29. The fourth-order valence-corrected chi connectivity index (χ4v) is 3.27. The van der Waals surface area contributed by atoms with E-state index in [0.717, 1.165) is 11.0 Å². The van der Waals surface area contributed by atoms with Gasteiger partial charge < -0.3 is 15.1 Å². The van der Waals surface area contributed by atoms with Crippen LogP contribution in [0.3, 0.4) is 0 Å². The van der Waals surface area contributed by atoms with Crippen LogP contribution in [-0.2, 0) is 9.59 Å². The zero-order valence-corrected chi connectivity index (χ0v) is 16.5. The summed E-state index contributed by atoms with van der Waals surface area (Å²) in [6.45, 7) is -0.0374. The average molecular weight is 422 g/mol. The standard InChI is InChI=1S/C20H18ClF2N3O3/c1-25(2)20(29)14-9-13(4-5-15(14)21)24-19(28)11-7-18(27)26(10-11)17-6-3-12(22)8-16(17)23/h3-6,8-9,11H,7,10H2,1-2H3,(H,24,28). The number of hydrogen-bond acceptors (Lipinski definition) is 3. The summed E-state index contributed by atoms with van der Waals surface area (Å²) in [7, 11) is 3.16. The predicted molar refractivity (Wildman–Crippen MR) is 105 cm³/mol. The molecule has 1 N–H and O–H groups in total. The molecule has 1 atom stereocenters. The number of nitrogens with zero attached hydrogens (tertiary/aromatic N) is 2. The van der Waals surface area contributed by atoms with Crippen molar-refractivity contribution in [2.24, 2.45) is 5.92 Å². The van der Waals surface area contributed by atoms with Gasteiger partial charge in [0.25, 0.3) is 5.91 Å². The Labute approximate surface area is 171 Å². The largest absolute Gasteiger partial charge is 0.345 e. The van der Waals surface area contributed by atoms with E-state index in [1.165, 1.54) is 23.1 Å². The lowest BCUT2D eigenvalue weighted by atomic mass is 10.1. The van der Waals surface area contributed by atoms with Crippen LogP contribution in [0.5, 0.6) is 0 Å². The van der Waals surface area contributed by atoms with Gasteiger partial charge in [-0.2, -0.15) is 0 Å². The number of hydrogen-bond donors (Lipinski definition) is 1.